The molecule has 0 spiro atoms. The summed E-state index contributed by atoms with van der Waals surface area (Å²) in [6.07, 6.45) is 9.34. The third-order valence-corrected chi connectivity index (χ3v) is 4.08. The molecule has 0 radical (unpaired) electrons. The van der Waals surface area contributed by atoms with Crippen LogP contribution in [0.25, 0.3) is 0 Å². The number of aryl methyl sites for hydroxylation is 1. The highest BCUT2D eigenvalue weighted by Gasteiger charge is 2.26. The molecule has 17 heavy (non-hydrogen) atoms. The molecule has 0 aromatic carbocycles. The number of rotatable bonds is 3. The number of ketones is 1. The van der Waals surface area contributed by atoms with Gasteiger partial charge in [-0.05, 0) is 50.2 Å². The molecule has 1 aliphatic rings. The Morgan fingerprint density at radius 2 is 2.06 bits per heavy atom. The lowest BCUT2D eigenvalue weighted by molar-refractivity contribution is 0.0870. The largest absolute Gasteiger partial charge is 0.294 e. The van der Waals surface area contributed by atoms with Crippen molar-refractivity contribution in [1.82, 2.24) is 4.98 Å². The van der Waals surface area contributed by atoms with Crippen molar-refractivity contribution in [2.45, 2.75) is 46.0 Å². The SMILES string of the molecule is CCC1CCC(C(=O)c2ccncc2C)CC1. The predicted molar refractivity (Wildman–Crippen MR) is 69.0 cm³/mol. The summed E-state index contributed by atoms with van der Waals surface area (Å²) in [6.45, 7) is 4.22. The summed E-state index contributed by atoms with van der Waals surface area (Å²) in [7, 11) is 0. The average molecular weight is 231 g/mol. The van der Waals surface area contributed by atoms with Crippen molar-refractivity contribution in [2.24, 2.45) is 11.8 Å². The van der Waals surface area contributed by atoms with Gasteiger partial charge in [0.25, 0.3) is 0 Å². The molecule has 0 atom stereocenters. The molecule has 2 rings (SSSR count). The van der Waals surface area contributed by atoms with Crippen LogP contribution in [-0.4, -0.2) is 10.8 Å². The van der Waals surface area contributed by atoms with Crippen LogP contribution in [-0.2, 0) is 0 Å². The number of carbonyl (C=O) groups excluding carboxylic acids is 1. The van der Waals surface area contributed by atoms with Crippen LogP contribution in [0.5, 0.6) is 0 Å². The Bertz CT molecular complexity index is 392. The first-order valence-electron chi connectivity index (χ1n) is 6.67. The zero-order valence-corrected chi connectivity index (χ0v) is 10.8. The standard InChI is InChI=1S/C15H21NO/c1-3-12-4-6-13(7-5-12)15(17)14-8-9-16-10-11(14)2/h8-10,12-13H,3-7H2,1-2H3. The third kappa shape index (κ3) is 2.74. The topological polar surface area (TPSA) is 30.0 Å². The van der Waals surface area contributed by atoms with Crippen LogP contribution >= 0.6 is 0 Å². The van der Waals surface area contributed by atoms with E-state index in [4.69, 9.17) is 0 Å². The van der Waals surface area contributed by atoms with Gasteiger partial charge in [0, 0.05) is 23.9 Å². The van der Waals surface area contributed by atoms with E-state index in [-0.39, 0.29) is 5.92 Å². The Hall–Kier alpha value is -1.18. The lowest BCUT2D eigenvalue weighted by Gasteiger charge is -2.27. The van der Waals surface area contributed by atoms with E-state index in [0.29, 0.717) is 5.78 Å². The number of carbonyl (C=O) groups is 1. The molecule has 0 saturated heterocycles. The molecule has 2 nitrogen and oxygen atoms in total. The number of aromatic nitrogens is 1. The summed E-state index contributed by atoms with van der Waals surface area (Å²) in [5.41, 5.74) is 1.88. The van der Waals surface area contributed by atoms with E-state index in [2.05, 4.69) is 11.9 Å². The maximum absolute atomic E-state index is 12.4. The average Bonchev–Trinajstić information content (AvgIpc) is 2.39. The van der Waals surface area contributed by atoms with E-state index in [9.17, 15) is 4.79 Å². The monoisotopic (exact) mass is 231 g/mol. The zero-order valence-electron chi connectivity index (χ0n) is 10.8. The Labute approximate surface area is 103 Å². The lowest BCUT2D eigenvalue weighted by Crippen LogP contribution is -2.22. The van der Waals surface area contributed by atoms with Gasteiger partial charge in [0.1, 0.15) is 0 Å². The molecule has 1 heterocycles. The van der Waals surface area contributed by atoms with E-state index in [0.717, 1.165) is 29.9 Å². The Morgan fingerprint density at radius 3 is 2.65 bits per heavy atom. The predicted octanol–water partition coefficient (Wildman–Crippen LogP) is 3.79. The number of pyridine rings is 1. The molecule has 0 aliphatic heterocycles. The van der Waals surface area contributed by atoms with E-state index in [1.54, 1.807) is 12.4 Å². The van der Waals surface area contributed by atoms with Crippen LogP contribution in [0.2, 0.25) is 0 Å². The maximum atomic E-state index is 12.4. The summed E-state index contributed by atoms with van der Waals surface area (Å²) < 4.78 is 0. The van der Waals surface area contributed by atoms with Crippen LogP contribution in [0, 0.1) is 18.8 Å². The summed E-state index contributed by atoms with van der Waals surface area (Å²) >= 11 is 0. The van der Waals surface area contributed by atoms with Gasteiger partial charge in [-0.1, -0.05) is 13.3 Å². The Kier molecular flexibility index (Phi) is 3.93. The van der Waals surface area contributed by atoms with E-state index < -0.39 is 0 Å². The van der Waals surface area contributed by atoms with Crippen molar-refractivity contribution < 1.29 is 4.79 Å². The first-order chi connectivity index (χ1) is 8.22. The minimum atomic E-state index is 0.249. The summed E-state index contributed by atoms with van der Waals surface area (Å²) in [6, 6.07) is 1.86. The minimum absolute atomic E-state index is 0.249. The van der Waals surface area contributed by atoms with Crippen molar-refractivity contribution in [3.05, 3.63) is 29.6 Å². The quantitative estimate of drug-likeness (QED) is 0.741. The van der Waals surface area contributed by atoms with Gasteiger partial charge >= 0.3 is 0 Å². The van der Waals surface area contributed by atoms with Crippen LogP contribution in [0.3, 0.4) is 0 Å². The second-order valence-corrected chi connectivity index (χ2v) is 5.18. The van der Waals surface area contributed by atoms with Gasteiger partial charge in [-0.15, -0.1) is 0 Å². The number of nitrogens with zero attached hydrogens (tertiary/aromatic N) is 1. The number of Topliss-reactive ketones (excluding diaryl/α,β-unsaturated/α-hetero) is 1. The second-order valence-electron chi connectivity index (χ2n) is 5.18. The summed E-state index contributed by atoms with van der Waals surface area (Å²) in [4.78, 5) is 16.4. The van der Waals surface area contributed by atoms with Crippen molar-refractivity contribution in [3.8, 4) is 0 Å². The fourth-order valence-corrected chi connectivity index (χ4v) is 2.80. The van der Waals surface area contributed by atoms with Crippen molar-refractivity contribution in [2.75, 3.05) is 0 Å². The summed E-state index contributed by atoms with van der Waals surface area (Å²) in [5.74, 6) is 1.43. The molecule has 0 bridgehead atoms. The Balaban J connectivity index is 2.04. The van der Waals surface area contributed by atoms with Gasteiger partial charge in [0.2, 0.25) is 0 Å². The van der Waals surface area contributed by atoms with Crippen LogP contribution < -0.4 is 0 Å². The molecule has 1 aromatic heterocycles. The molecule has 2 heteroatoms. The van der Waals surface area contributed by atoms with Crippen LogP contribution in [0.15, 0.2) is 18.5 Å². The zero-order chi connectivity index (χ0) is 12.3. The van der Waals surface area contributed by atoms with E-state index in [1.165, 1.54) is 19.3 Å². The van der Waals surface area contributed by atoms with Crippen molar-refractivity contribution in [1.29, 1.82) is 0 Å². The first-order valence-corrected chi connectivity index (χ1v) is 6.67. The first kappa shape index (κ1) is 12.3. The molecule has 92 valence electrons. The van der Waals surface area contributed by atoms with E-state index in [1.807, 2.05) is 13.0 Å². The minimum Gasteiger partial charge on any atom is -0.294 e. The number of hydrogen-bond donors (Lipinski definition) is 0. The van der Waals surface area contributed by atoms with Crippen LogP contribution in [0.4, 0.5) is 0 Å². The van der Waals surface area contributed by atoms with Crippen LogP contribution in [0.1, 0.15) is 54.9 Å². The number of hydrogen-bond acceptors (Lipinski definition) is 2. The molecule has 0 amide bonds. The van der Waals surface area contributed by atoms with Gasteiger partial charge in [0.05, 0.1) is 0 Å². The molecule has 0 N–H and O–H groups in total. The molecule has 1 aromatic rings. The van der Waals surface area contributed by atoms with Gasteiger partial charge < -0.3 is 0 Å². The van der Waals surface area contributed by atoms with Gasteiger partial charge in [0.15, 0.2) is 5.78 Å². The molecule has 1 aliphatic carbocycles. The Morgan fingerprint density at radius 1 is 1.35 bits per heavy atom. The highest BCUT2D eigenvalue weighted by Crippen LogP contribution is 2.32. The summed E-state index contributed by atoms with van der Waals surface area (Å²) in [5, 5.41) is 0. The van der Waals surface area contributed by atoms with Gasteiger partial charge in [-0.3, -0.25) is 9.78 Å². The molecule has 1 saturated carbocycles. The van der Waals surface area contributed by atoms with Crippen molar-refractivity contribution in [3.63, 3.8) is 0 Å². The normalized spacial score (nSPS) is 24.6. The smallest absolute Gasteiger partial charge is 0.166 e. The lowest BCUT2D eigenvalue weighted by atomic mass is 9.77. The molecule has 1 fully saturated rings. The fourth-order valence-electron chi connectivity index (χ4n) is 2.80. The van der Waals surface area contributed by atoms with Gasteiger partial charge in [-0.2, -0.15) is 0 Å². The molecular weight excluding hydrogens is 210 g/mol. The van der Waals surface area contributed by atoms with Crippen molar-refractivity contribution >= 4 is 5.78 Å². The molecular formula is C15H21NO. The fraction of sp³-hybridized carbons (Fsp3) is 0.600. The second kappa shape index (κ2) is 5.44. The van der Waals surface area contributed by atoms with E-state index >= 15 is 0 Å². The highest BCUT2D eigenvalue weighted by atomic mass is 16.1. The highest BCUT2D eigenvalue weighted by molar-refractivity contribution is 5.99. The molecule has 0 unspecified atom stereocenters. The van der Waals surface area contributed by atoms with Gasteiger partial charge in [-0.25, -0.2) is 0 Å². The third-order valence-electron chi connectivity index (χ3n) is 4.08. The maximum Gasteiger partial charge on any atom is 0.166 e.